The number of phenolic OH excluding ortho intramolecular Hbond substituents is 1. The molecule has 0 saturated heterocycles. The molecular formula is C14H19Cl2NO2. The van der Waals surface area contributed by atoms with Crippen molar-refractivity contribution in [3.63, 3.8) is 0 Å². The van der Waals surface area contributed by atoms with E-state index in [1.165, 1.54) is 6.07 Å². The fourth-order valence-electron chi connectivity index (χ4n) is 2.51. The zero-order valence-electron chi connectivity index (χ0n) is 10.7. The number of hydrogen-bond donors (Lipinski definition) is 3. The fourth-order valence-corrected chi connectivity index (χ4v) is 3.05. The maximum atomic E-state index is 9.83. The van der Waals surface area contributed by atoms with Crippen LogP contribution in [0.4, 0.5) is 0 Å². The zero-order chi connectivity index (χ0) is 13.8. The SMILES string of the molecule is Oc1c(Cl)cc(Cl)cc1CNCC1CCC(O)CC1. The summed E-state index contributed by atoms with van der Waals surface area (Å²) in [5, 5.41) is 23.4. The molecule has 2 rings (SSSR count). The van der Waals surface area contributed by atoms with Gasteiger partial charge >= 0.3 is 0 Å². The number of hydrogen-bond acceptors (Lipinski definition) is 3. The quantitative estimate of drug-likeness (QED) is 0.799. The first-order valence-electron chi connectivity index (χ1n) is 6.62. The maximum absolute atomic E-state index is 9.83. The van der Waals surface area contributed by atoms with Crippen molar-refractivity contribution in [3.05, 3.63) is 27.7 Å². The van der Waals surface area contributed by atoms with Gasteiger partial charge in [0.1, 0.15) is 5.75 Å². The Morgan fingerprint density at radius 3 is 2.53 bits per heavy atom. The van der Waals surface area contributed by atoms with Crippen molar-refractivity contribution < 1.29 is 10.2 Å². The molecule has 5 heteroatoms. The van der Waals surface area contributed by atoms with Crippen LogP contribution in [0.2, 0.25) is 10.0 Å². The summed E-state index contributed by atoms with van der Waals surface area (Å²) in [7, 11) is 0. The average molecular weight is 304 g/mol. The van der Waals surface area contributed by atoms with Gasteiger partial charge in [0.05, 0.1) is 11.1 Å². The van der Waals surface area contributed by atoms with E-state index in [9.17, 15) is 10.2 Å². The third-order valence-electron chi connectivity index (χ3n) is 3.67. The van der Waals surface area contributed by atoms with Crippen LogP contribution in [0.3, 0.4) is 0 Å². The van der Waals surface area contributed by atoms with Crippen molar-refractivity contribution in [2.75, 3.05) is 6.54 Å². The number of phenols is 1. The third-order valence-corrected chi connectivity index (χ3v) is 4.18. The normalized spacial score (nSPS) is 23.5. The summed E-state index contributed by atoms with van der Waals surface area (Å²) in [6, 6.07) is 3.25. The van der Waals surface area contributed by atoms with Crippen molar-refractivity contribution in [3.8, 4) is 5.75 Å². The van der Waals surface area contributed by atoms with Crippen molar-refractivity contribution in [2.24, 2.45) is 5.92 Å². The number of nitrogens with one attached hydrogen (secondary N) is 1. The van der Waals surface area contributed by atoms with Crippen LogP contribution in [0, 0.1) is 5.92 Å². The summed E-state index contributed by atoms with van der Waals surface area (Å²) >= 11 is 11.8. The molecule has 0 aromatic heterocycles. The van der Waals surface area contributed by atoms with E-state index in [-0.39, 0.29) is 16.9 Å². The van der Waals surface area contributed by atoms with Gasteiger partial charge in [0, 0.05) is 17.1 Å². The highest BCUT2D eigenvalue weighted by molar-refractivity contribution is 6.35. The predicted octanol–water partition coefficient (Wildman–Crippen LogP) is 3.34. The van der Waals surface area contributed by atoms with Crippen molar-refractivity contribution in [1.82, 2.24) is 5.32 Å². The van der Waals surface area contributed by atoms with E-state index < -0.39 is 0 Å². The van der Waals surface area contributed by atoms with Crippen LogP contribution >= 0.6 is 23.2 Å². The van der Waals surface area contributed by atoms with Crippen molar-refractivity contribution >= 4 is 23.2 Å². The molecule has 0 amide bonds. The minimum Gasteiger partial charge on any atom is -0.506 e. The van der Waals surface area contributed by atoms with E-state index in [0.29, 0.717) is 23.0 Å². The first kappa shape index (κ1) is 14.9. The molecule has 1 saturated carbocycles. The number of aliphatic hydroxyl groups is 1. The number of aromatic hydroxyl groups is 1. The molecule has 19 heavy (non-hydrogen) atoms. The number of halogens is 2. The molecule has 0 atom stereocenters. The molecule has 3 nitrogen and oxygen atoms in total. The lowest BCUT2D eigenvalue weighted by Gasteiger charge is -2.25. The molecule has 1 aromatic carbocycles. The van der Waals surface area contributed by atoms with Crippen LogP contribution in [-0.4, -0.2) is 22.9 Å². The molecule has 106 valence electrons. The van der Waals surface area contributed by atoms with Crippen molar-refractivity contribution in [2.45, 2.75) is 38.3 Å². The van der Waals surface area contributed by atoms with Gasteiger partial charge in [-0.15, -0.1) is 0 Å². The number of rotatable bonds is 4. The third kappa shape index (κ3) is 4.25. The van der Waals surface area contributed by atoms with E-state index >= 15 is 0 Å². The van der Waals surface area contributed by atoms with E-state index in [0.717, 1.165) is 32.2 Å². The summed E-state index contributed by atoms with van der Waals surface area (Å²) in [4.78, 5) is 0. The second-order valence-corrected chi connectivity index (χ2v) is 6.04. The van der Waals surface area contributed by atoms with Crippen LogP contribution in [0.5, 0.6) is 5.75 Å². The Bertz CT molecular complexity index is 432. The van der Waals surface area contributed by atoms with Gasteiger partial charge in [0.15, 0.2) is 0 Å². The smallest absolute Gasteiger partial charge is 0.138 e. The first-order chi connectivity index (χ1) is 9.06. The van der Waals surface area contributed by atoms with E-state index in [1.807, 2.05) is 0 Å². The lowest BCUT2D eigenvalue weighted by molar-refractivity contribution is 0.108. The predicted molar refractivity (Wildman–Crippen MR) is 77.8 cm³/mol. The zero-order valence-corrected chi connectivity index (χ0v) is 12.2. The van der Waals surface area contributed by atoms with E-state index in [4.69, 9.17) is 23.2 Å². The Kier molecular flexibility index (Phi) is 5.34. The Balaban J connectivity index is 1.83. The van der Waals surface area contributed by atoms with Gasteiger partial charge < -0.3 is 15.5 Å². The van der Waals surface area contributed by atoms with Crippen LogP contribution in [0.25, 0.3) is 0 Å². The molecule has 0 bridgehead atoms. The summed E-state index contributed by atoms with van der Waals surface area (Å²) in [5.41, 5.74) is 0.716. The van der Waals surface area contributed by atoms with Gasteiger partial charge in [0.2, 0.25) is 0 Å². The summed E-state index contributed by atoms with van der Waals surface area (Å²) in [6.45, 7) is 1.43. The molecule has 1 aliphatic rings. The molecule has 0 radical (unpaired) electrons. The lowest BCUT2D eigenvalue weighted by atomic mass is 9.87. The Morgan fingerprint density at radius 1 is 1.16 bits per heavy atom. The van der Waals surface area contributed by atoms with Crippen LogP contribution < -0.4 is 5.32 Å². The van der Waals surface area contributed by atoms with Crippen LogP contribution in [-0.2, 0) is 6.54 Å². The standard InChI is InChI=1S/C14H19Cl2NO2/c15-11-5-10(14(19)13(16)6-11)8-17-7-9-1-3-12(18)4-2-9/h5-6,9,12,17-19H,1-4,7-8H2. The molecule has 0 aliphatic heterocycles. The Labute approximate surface area is 123 Å². The molecule has 3 N–H and O–H groups in total. The minimum absolute atomic E-state index is 0.0950. The molecule has 0 unspecified atom stereocenters. The Morgan fingerprint density at radius 2 is 1.84 bits per heavy atom. The highest BCUT2D eigenvalue weighted by atomic mass is 35.5. The molecule has 1 fully saturated rings. The maximum Gasteiger partial charge on any atom is 0.138 e. The van der Waals surface area contributed by atoms with E-state index in [2.05, 4.69) is 5.32 Å². The fraction of sp³-hybridized carbons (Fsp3) is 0.571. The largest absolute Gasteiger partial charge is 0.506 e. The average Bonchev–Trinajstić information content (AvgIpc) is 2.37. The van der Waals surface area contributed by atoms with Crippen molar-refractivity contribution in [1.29, 1.82) is 0 Å². The van der Waals surface area contributed by atoms with Gasteiger partial charge in [-0.1, -0.05) is 23.2 Å². The summed E-state index contributed by atoms with van der Waals surface area (Å²) < 4.78 is 0. The number of aliphatic hydroxyl groups excluding tert-OH is 1. The second kappa shape index (κ2) is 6.80. The Hall–Kier alpha value is -0.480. The van der Waals surface area contributed by atoms with Crippen LogP contribution in [0.15, 0.2) is 12.1 Å². The van der Waals surface area contributed by atoms with Gasteiger partial charge in [0.25, 0.3) is 0 Å². The molecular weight excluding hydrogens is 285 g/mol. The molecule has 1 aliphatic carbocycles. The van der Waals surface area contributed by atoms with Gasteiger partial charge in [-0.05, 0) is 50.3 Å². The highest BCUT2D eigenvalue weighted by Crippen LogP contribution is 2.31. The molecule has 0 heterocycles. The van der Waals surface area contributed by atoms with E-state index in [1.54, 1.807) is 6.07 Å². The van der Waals surface area contributed by atoms with Gasteiger partial charge in [-0.3, -0.25) is 0 Å². The van der Waals surface area contributed by atoms with Gasteiger partial charge in [-0.2, -0.15) is 0 Å². The summed E-state index contributed by atoms with van der Waals surface area (Å²) in [6.07, 6.45) is 3.76. The minimum atomic E-state index is -0.118. The molecule has 0 spiro atoms. The van der Waals surface area contributed by atoms with Gasteiger partial charge in [-0.25, -0.2) is 0 Å². The highest BCUT2D eigenvalue weighted by Gasteiger charge is 2.19. The topological polar surface area (TPSA) is 52.5 Å². The second-order valence-electron chi connectivity index (χ2n) is 5.20. The first-order valence-corrected chi connectivity index (χ1v) is 7.37. The number of benzene rings is 1. The summed E-state index contributed by atoms with van der Waals surface area (Å²) in [5.74, 6) is 0.692. The lowest BCUT2D eigenvalue weighted by Crippen LogP contribution is -2.27. The monoisotopic (exact) mass is 303 g/mol. The van der Waals surface area contributed by atoms with Crippen LogP contribution in [0.1, 0.15) is 31.2 Å². The molecule has 1 aromatic rings.